The van der Waals surface area contributed by atoms with Gasteiger partial charge in [0.05, 0.1) is 24.9 Å². The standard InChI is InChI=1S/C12H10BrFN2O2S/c1-18-11(17)5-8-6-19-12(15-8)16-10-4-7(14)2-3-9(10)13/h2-4,6H,5H2,1H3,(H,15,16). The molecule has 19 heavy (non-hydrogen) atoms. The number of rotatable bonds is 4. The molecule has 0 aliphatic carbocycles. The van der Waals surface area contributed by atoms with Crippen LogP contribution < -0.4 is 5.32 Å². The molecule has 0 unspecified atom stereocenters. The van der Waals surface area contributed by atoms with Crippen molar-refractivity contribution < 1.29 is 13.9 Å². The van der Waals surface area contributed by atoms with Gasteiger partial charge < -0.3 is 10.1 Å². The minimum atomic E-state index is -0.344. The van der Waals surface area contributed by atoms with E-state index in [0.717, 1.165) is 4.47 Å². The molecule has 0 radical (unpaired) electrons. The number of carbonyl (C=O) groups is 1. The zero-order valence-electron chi connectivity index (χ0n) is 9.94. The first-order valence-electron chi connectivity index (χ1n) is 5.32. The maximum Gasteiger partial charge on any atom is 0.311 e. The van der Waals surface area contributed by atoms with Crippen LogP contribution in [0.25, 0.3) is 0 Å². The maximum absolute atomic E-state index is 13.1. The van der Waals surface area contributed by atoms with Gasteiger partial charge in [0, 0.05) is 9.85 Å². The zero-order valence-corrected chi connectivity index (χ0v) is 12.3. The number of carbonyl (C=O) groups excluding carboxylic acids is 1. The number of hydrogen-bond donors (Lipinski definition) is 1. The minimum absolute atomic E-state index is 0.124. The molecule has 4 nitrogen and oxygen atoms in total. The summed E-state index contributed by atoms with van der Waals surface area (Å²) in [6, 6.07) is 4.34. The predicted molar refractivity (Wildman–Crippen MR) is 75.2 cm³/mol. The van der Waals surface area contributed by atoms with Crippen molar-refractivity contribution in [1.82, 2.24) is 4.98 Å². The Labute approximate surface area is 121 Å². The molecule has 0 aliphatic heterocycles. The van der Waals surface area contributed by atoms with E-state index in [9.17, 15) is 9.18 Å². The van der Waals surface area contributed by atoms with E-state index >= 15 is 0 Å². The van der Waals surface area contributed by atoms with Crippen LogP contribution in [0.5, 0.6) is 0 Å². The van der Waals surface area contributed by atoms with Crippen LogP contribution in [0.15, 0.2) is 28.1 Å². The third-order valence-electron chi connectivity index (χ3n) is 2.27. The fourth-order valence-corrected chi connectivity index (χ4v) is 2.44. The average molecular weight is 345 g/mol. The van der Waals surface area contributed by atoms with Crippen LogP contribution >= 0.6 is 27.3 Å². The van der Waals surface area contributed by atoms with Crippen LogP contribution in [-0.4, -0.2) is 18.1 Å². The van der Waals surface area contributed by atoms with Gasteiger partial charge in [0.2, 0.25) is 0 Å². The first-order chi connectivity index (χ1) is 9.08. The summed E-state index contributed by atoms with van der Waals surface area (Å²) >= 11 is 4.66. The number of benzene rings is 1. The SMILES string of the molecule is COC(=O)Cc1csc(Nc2cc(F)ccc2Br)n1. The third-order valence-corrected chi connectivity index (χ3v) is 3.77. The second-order valence-electron chi connectivity index (χ2n) is 3.65. The van der Waals surface area contributed by atoms with Gasteiger partial charge in [0.25, 0.3) is 0 Å². The topological polar surface area (TPSA) is 51.2 Å². The first-order valence-corrected chi connectivity index (χ1v) is 6.99. The average Bonchev–Trinajstić information content (AvgIpc) is 2.81. The van der Waals surface area contributed by atoms with Crippen molar-refractivity contribution in [2.24, 2.45) is 0 Å². The lowest BCUT2D eigenvalue weighted by Crippen LogP contribution is -2.04. The van der Waals surface area contributed by atoms with Gasteiger partial charge in [-0.25, -0.2) is 9.37 Å². The molecule has 0 spiro atoms. The summed E-state index contributed by atoms with van der Waals surface area (Å²) in [4.78, 5) is 15.3. The molecular weight excluding hydrogens is 335 g/mol. The highest BCUT2D eigenvalue weighted by atomic mass is 79.9. The number of halogens is 2. The quantitative estimate of drug-likeness (QED) is 0.862. The van der Waals surface area contributed by atoms with Crippen LogP contribution in [0.2, 0.25) is 0 Å². The maximum atomic E-state index is 13.1. The molecule has 0 saturated heterocycles. The smallest absolute Gasteiger partial charge is 0.311 e. The van der Waals surface area contributed by atoms with Crippen molar-refractivity contribution in [1.29, 1.82) is 0 Å². The number of thiazole rings is 1. The van der Waals surface area contributed by atoms with E-state index in [1.54, 1.807) is 11.4 Å². The molecule has 0 fully saturated rings. The van der Waals surface area contributed by atoms with Crippen LogP contribution in [-0.2, 0) is 16.0 Å². The van der Waals surface area contributed by atoms with Gasteiger partial charge in [-0.1, -0.05) is 0 Å². The van der Waals surface area contributed by atoms with Crippen molar-refractivity contribution in [2.75, 3.05) is 12.4 Å². The Morgan fingerprint density at radius 1 is 1.58 bits per heavy atom. The summed E-state index contributed by atoms with van der Waals surface area (Å²) in [5.41, 5.74) is 1.20. The zero-order chi connectivity index (χ0) is 13.8. The van der Waals surface area contributed by atoms with E-state index in [4.69, 9.17) is 0 Å². The highest BCUT2D eigenvalue weighted by Gasteiger charge is 2.09. The number of esters is 1. The van der Waals surface area contributed by atoms with Crippen molar-refractivity contribution in [3.63, 3.8) is 0 Å². The Morgan fingerprint density at radius 2 is 2.37 bits per heavy atom. The Kier molecular flexibility index (Phi) is 4.49. The third kappa shape index (κ3) is 3.74. The van der Waals surface area contributed by atoms with Gasteiger partial charge >= 0.3 is 5.97 Å². The van der Waals surface area contributed by atoms with E-state index in [1.807, 2.05) is 0 Å². The van der Waals surface area contributed by atoms with Gasteiger partial charge in [0.1, 0.15) is 5.82 Å². The van der Waals surface area contributed by atoms with Gasteiger partial charge in [0.15, 0.2) is 5.13 Å². The molecule has 100 valence electrons. The number of methoxy groups -OCH3 is 1. The Morgan fingerprint density at radius 3 is 3.11 bits per heavy atom. The molecule has 1 N–H and O–H groups in total. The molecule has 1 aromatic carbocycles. The molecule has 0 bridgehead atoms. The summed E-state index contributed by atoms with van der Waals surface area (Å²) in [5.74, 6) is -0.680. The number of nitrogens with one attached hydrogen (secondary N) is 1. The van der Waals surface area contributed by atoms with Crippen LogP contribution in [0, 0.1) is 5.82 Å². The second-order valence-corrected chi connectivity index (χ2v) is 5.36. The normalized spacial score (nSPS) is 10.3. The fraction of sp³-hybridized carbons (Fsp3) is 0.167. The van der Waals surface area contributed by atoms with Crippen molar-refractivity contribution in [3.05, 3.63) is 39.6 Å². The summed E-state index contributed by atoms with van der Waals surface area (Å²) < 4.78 is 18.4. The Bertz CT molecular complexity index is 603. The van der Waals surface area contributed by atoms with Gasteiger partial charge in [-0.05, 0) is 34.1 Å². The first kappa shape index (κ1) is 14.0. The molecule has 1 aromatic heterocycles. The molecule has 0 atom stereocenters. The molecule has 1 heterocycles. The van der Waals surface area contributed by atoms with E-state index in [-0.39, 0.29) is 18.2 Å². The monoisotopic (exact) mass is 344 g/mol. The highest BCUT2D eigenvalue weighted by molar-refractivity contribution is 9.10. The largest absolute Gasteiger partial charge is 0.469 e. The van der Waals surface area contributed by atoms with Crippen LogP contribution in [0.3, 0.4) is 0 Å². The summed E-state index contributed by atoms with van der Waals surface area (Å²) in [7, 11) is 1.33. The molecule has 0 amide bonds. The number of nitrogens with zero attached hydrogens (tertiary/aromatic N) is 1. The van der Waals surface area contributed by atoms with Gasteiger partial charge in [-0.15, -0.1) is 11.3 Å². The van der Waals surface area contributed by atoms with E-state index in [0.29, 0.717) is 16.5 Å². The predicted octanol–water partition coefficient (Wildman–Crippen LogP) is 3.50. The lowest BCUT2D eigenvalue weighted by molar-refractivity contribution is -0.139. The van der Waals surface area contributed by atoms with Crippen molar-refractivity contribution in [3.8, 4) is 0 Å². The Hall–Kier alpha value is -1.47. The number of aromatic nitrogens is 1. The van der Waals surface area contributed by atoms with E-state index in [1.165, 1.54) is 30.6 Å². The summed E-state index contributed by atoms with van der Waals surface area (Å²) in [6.07, 6.45) is 0.124. The van der Waals surface area contributed by atoms with Crippen LogP contribution in [0.1, 0.15) is 5.69 Å². The molecule has 0 aliphatic rings. The lowest BCUT2D eigenvalue weighted by Gasteiger charge is -2.05. The van der Waals surface area contributed by atoms with Crippen molar-refractivity contribution in [2.45, 2.75) is 6.42 Å². The fourth-order valence-electron chi connectivity index (χ4n) is 1.37. The van der Waals surface area contributed by atoms with E-state index in [2.05, 4.69) is 31.0 Å². The number of ether oxygens (including phenoxy) is 1. The second kappa shape index (κ2) is 6.12. The molecular formula is C12H10BrFN2O2S. The summed E-state index contributed by atoms with van der Waals surface area (Å²) in [5, 5.41) is 5.34. The van der Waals surface area contributed by atoms with Gasteiger partial charge in [-0.3, -0.25) is 4.79 Å². The minimum Gasteiger partial charge on any atom is -0.469 e. The van der Waals surface area contributed by atoms with E-state index < -0.39 is 0 Å². The number of anilines is 2. The van der Waals surface area contributed by atoms with Gasteiger partial charge in [-0.2, -0.15) is 0 Å². The molecule has 7 heteroatoms. The molecule has 0 saturated carbocycles. The molecule has 2 aromatic rings. The molecule has 2 rings (SSSR count). The lowest BCUT2D eigenvalue weighted by atomic mass is 10.3. The highest BCUT2D eigenvalue weighted by Crippen LogP contribution is 2.28. The number of hydrogen-bond acceptors (Lipinski definition) is 5. The Balaban J connectivity index is 2.11. The summed E-state index contributed by atoms with van der Waals surface area (Å²) in [6.45, 7) is 0. The van der Waals surface area contributed by atoms with Crippen LogP contribution in [0.4, 0.5) is 15.2 Å². The van der Waals surface area contributed by atoms with Crippen molar-refractivity contribution >= 4 is 44.1 Å².